The summed E-state index contributed by atoms with van der Waals surface area (Å²) in [5.41, 5.74) is 0. The van der Waals surface area contributed by atoms with Crippen molar-refractivity contribution < 1.29 is 44.8 Å². The van der Waals surface area contributed by atoms with E-state index in [4.69, 9.17) is 19.3 Å². The lowest BCUT2D eigenvalue weighted by molar-refractivity contribution is -0.377. The van der Waals surface area contributed by atoms with Gasteiger partial charge in [0.15, 0.2) is 5.79 Å². The zero-order valence-electron chi connectivity index (χ0n) is 12.4. The van der Waals surface area contributed by atoms with Crippen molar-refractivity contribution in [2.24, 2.45) is 0 Å². The fourth-order valence-corrected chi connectivity index (χ4v) is 2.80. The Morgan fingerprint density at radius 2 is 1.68 bits per heavy atom. The second-order valence-electron chi connectivity index (χ2n) is 5.96. The molecule has 2 aliphatic rings. The van der Waals surface area contributed by atoms with Crippen LogP contribution in [0.3, 0.4) is 0 Å². The van der Waals surface area contributed by atoms with Crippen molar-refractivity contribution in [3.8, 4) is 0 Å². The molecular weight excluding hydrogens is 300 g/mol. The molecule has 0 saturated carbocycles. The fourth-order valence-electron chi connectivity index (χ4n) is 2.80. The molecule has 0 spiro atoms. The van der Waals surface area contributed by atoms with Crippen molar-refractivity contribution in [2.75, 3.05) is 13.2 Å². The number of rotatable bonds is 3. The first-order valence-corrected chi connectivity index (χ1v) is 7.19. The highest BCUT2D eigenvalue weighted by molar-refractivity contribution is 4.96. The molecule has 2 heterocycles. The molecule has 0 aromatic heterocycles. The summed E-state index contributed by atoms with van der Waals surface area (Å²) in [6.07, 6.45) is -9.80. The van der Waals surface area contributed by atoms with Gasteiger partial charge < -0.3 is 44.8 Å². The number of aliphatic hydroxyl groups excluding tert-OH is 6. The highest BCUT2D eigenvalue weighted by Gasteiger charge is 2.53. The summed E-state index contributed by atoms with van der Waals surface area (Å²) in [6.45, 7) is 2.28. The van der Waals surface area contributed by atoms with Crippen molar-refractivity contribution in [3.05, 3.63) is 0 Å². The van der Waals surface area contributed by atoms with Crippen LogP contribution in [-0.4, -0.2) is 98.5 Å². The maximum absolute atomic E-state index is 10.1. The van der Waals surface area contributed by atoms with Crippen LogP contribution in [0.4, 0.5) is 0 Å². The second kappa shape index (κ2) is 6.63. The van der Waals surface area contributed by atoms with Gasteiger partial charge in [-0.3, -0.25) is 0 Å². The highest BCUT2D eigenvalue weighted by Crippen LogP contribution is 2.33. The lowest BCUT2D eigenvalue weighted by atomic mass is 9.93. The van der Waals surface area contributed by atoms with Crippen LogP contribution in [0.25, 0.3) is 0 Å². The first kappa shape index (κ1) is 18.0. The van der Waals surface area contributed by atoms with E-state index in [9.17, 15) is 25.5 Å². The molecule has 130 valence electrons. The molecule has 0 aromatic carbocycles. The molecule has 2 rings (SSSR count). The average molecular weight is 324 g/mol. The first-order chi connectivity index (χ1) is 10.2. The zero-order valence-corrected chi connectivity index (χ0v) is 12.4. The SMILES string of the molecule is CC1OC(C)(OC2COC(CO)C(O)C2O)C(O)C(O)C1O. The molecule has 9 heteroatoms. The van der Waals surface area contributed by atoms with Gasteiger partial charge in [-0.25, -0.2) is 0 Å². The molecule has 6 N–H and O–H groups in total. The largest absolute Gasteiger partial charge is 0.394 e. The highest BCUT2D eigenvalue weighted by atomic mass is 16.7. The summed E-state index contributed by atoms with van der Waals surface area (Å²) in [5.74, 6) is -1.70. The van der Waals surface area contributed by atoms with E-state index in [0.29, 0.717) is 0 Å². The maximum atomic E-state index is 10.1. The van der Waals surface area contributed by atoms with Gasteiger partial charge in [-0.1, -0.05) is 0 Å². The Morgan fingerprint density at radius 1 is 1.05 bits per heavy atom. The van der Waals surface area contributed by atoms with Gasteiger partial charge >= 0.3 is 0 Å². The molecule has 0 aromatic rings. The smallest absolute Gasteiger partial charge is 0.195 e. The third kappa shape index (κ3) is 3.14. The minimum atomic E-state index is -1.70. The van der Waals surface area contributed by atoms with Crippen LogP contribution in [0.5, 0.6) is 0 Å². The van der Waals surface area contributed by atoms with Gasteiger partial charge in [0.2, 0.25) is 0 Å². The van der Waals surface area contributed by atoms with E-state index < -0.39 is 61.2 Å². The Bertz CT molecular complexity index is 381. The average Bonchev–Trinajstić information content (AvgIpc) is 2.48. The molecule has 0 bridgehead atoms. The zero-order chi connectivity index (χ0) is 16.7. The standard InChI is InChI=1S/C13H24O9/c1-5-8(15)11(18)12(19)13(2,21-5)22-7-4-20-6(3-14)9(16)10(7)17/h5-12,14-19H,3-4H2,1-2H3. The predicted molar refractivity (Wildman–Crippen MR) is 70.7 cm³/mol. The Balaban J connectivity index is 2.08. The maximum Gasteiger partial charge on any atom is 0.195 e. The molecule has 2 aliphatic heterocycles. The summed E-state index contributed by atoms with van der Waals surface area (Å²) < 4.78 is 16.1. The van der Waals surface area contributed by atoms with Crippen LogP contribution in [0, 0.1) is 0 Å². The van der Waals surface area contributed by atoms with E-state index >= 15 is 0 Å². The van der Waals surface area contributed by atoms with E-state index in [1.807, 2.05) is 0 Å². The van der Waals surface area contributed by atoms with Crippen molar-refractivity contribution in [3.63, 3.8) is 0 Å². The molecular formula is C13H24O9. The summed E-state index contributed by atoms with van der Waals surface area (Å²) in [4.78, 5) is 0. The van der Waals surface area contributed by atoms with Gasteiger partial charge in [0.1, 0.15) is 42.7 Å². The van der Waals surface area contributed by atoms with Gasteiger partial charge in [0, 0.05) is 0 Å². The van der Waals surface area contributed by atoms with Gasteiger partial charge in [-0.2, -0.15) is 0 Å². The molecule has 22 heavy (non-hydrogen) atoms. The third-order valence-electron chi connectivity index (χ3n) is 4.26. The quantitative estimate of drug-likeness (QED) is 0.314. The van der Waals surface area contributed by atoms with Crippen LogP contribution >= 0.6 is 0 Å². The molecule has 9 atom stereocenters. The number of hydrogen-bond donors (Lipinski definition) is 6. The second-order valence-corrected chi connectivity index (χ2v) is 5.96. The topological polar surface area (TPSA) is 149 Å². The van der Waals surface area contributed by atoms with E-state index in [1.54, 1.807) is 0 Å². The molecule has 2 saturated heterocycles. The Labute approximate surface area is 127 Å². The molecule has 9 unspecified atom stereocenters. The molecule has 2 fully saturated rings. The van der Waals surface area contributed by atoms with Crippen LogP contribution in [-0.2, 0) is 14.2 Å². The monoisotopic (exact) mass is 324 g/mol. The van der Waals surface area contributed by atoms with E-state index in [1.165, 1.54) is 13.8 Å². The van der Waals surface area contributed by atoms with Crippen LogP contribution in [0.2, 0.25) is 0 Å². The Kier molecular flexibility index (Phi) is 5.42. The summed E-state index contributed by atoms with van der Waals surface area (Å²) in [7, 11) is 0. The van der Waals surface area contributed by atoms with Gasteiger partial charge in [0.25, 0.3) is 0 Å². The Morgan fingerprint density at radius 3 is 2.27 bits per heavy atom. The van der Waals surface area contributed by atoms with E-state index in [-0.39, 0.29) is 6.61 Å². The fraction of sp³-hybridized carbons (Fsp3) is 1.00. The van der Waals surface area contributed by atoms with Gasteiger partial charge in [-0.15, -0.1) is 0 Å². The third-order valence-corrected chi connectivity index (χ3v) is 4.26. The van der Waals surface area contributed by atoms with Crippen molar-refractivity contribution in [1.82, 2.24) is 0 Å². The van der Waals surface area contributed by atoms with Gasteiger partial charge in [-0.05, 0) is 13.8 Å². The molecule has 0 amide bonds. The van der Waals surface area contributed by atoms with Crippen LogP contribution < -0.4 is 0 Å². The molecule has 0 radical (unpaired) electrons. The number of ether oxygens (including phenoxy) is 3. The Hall–Kier alpha value is -0.360. The molecule has 0 aliphatic carbocycles. The van der Waals surface area contributed by atoms with Crippen LogP contribution in [0.15, 0.2) is 0 Å². The number of hydrogen-bond acceptors (Lipinski definition) is 9. The summed E-state index contributed by atoms with van der Waals surface area (Å²) >= 11 is 0. The molecule has 9 nitrogen and oxygen atoms in total. The summed E-state index contributed by atoms with van der Waals surface area (Å²) in [5, 5.41) is 58.5. The van der Waals surface area contributed by atoms with Gasteiger partial charge in [0.05, 0.1) is 19.3 Å². The lowest BCUT2D eigenvalue weighted by Gasteiger charge is -2.48. The van der Waals surface area contributed by atoms with E-state index in [0.717, 1.165) is 0 Å². The van der Waals surface area contributed by atoms with Crippen molar-refractivity contribution in [1.29, 1.82) is 0 Å². The van der Waals surface area contributed by atoms with E-state index in [2.05, 4.69) is 0 Å². The minimum Gasteiger partial charge on any atom is -0.394 e. The van der Waals surface area contributed by atoms with Crippen LogP contribution in [0.1, 0.15) is 13.8 Å². The number of aliphatic hydroxyl groups is 6. The lowest BCUT2D eigenvalue weighted by Crippen LogP contribution is -2.66. The predicted octanol–water partition coefficient (Wildman–Crippen LogP) is -3.30. The summed E-state index contributed by atoms with van der Waals surface area (Å²) in [6, 6.07) is 0. The first-order valence-electron chi connectivity index (χ1n) is 7.19. The van der Waals surface area contributed by atoms with Crippen molar-refractivity contribution >= 4 is 0 Å². The minimum absolute atomic E-state index is 0.137. The normalized spacial score (nSPS) is 53.5. The van der Waals surface area contributed by atoms with Crippen molar-refractivity contribution in [2.45, 2.75) is 68.5 Å².